The predicted octanol–water partition coefficient (Wildman–Crippen LogP) is 3.59. The van der Waals surface area contributed by atoms with Crippen LogP contribution in [0.15, 0.2) is 0 Å². The van der Waals surface area contributed by atoms with Crippen molar-refractivity contribution in [2.75, 3.05) is 13.1 Å². The Morgan fingerprint density at radius 3 is 2.67 bits per heavy atom. The van der Waals surface area contributed by atoms with E-state index >= 15 is 0 Å². The highest BCUT2D eigenvalue weighted by molar-refractivity contribution is 4.89. The number of rotatable bonds is 7. The van der Waals surface area contributed by atoms with E-state index in [4.69, 9.17) is 0 Å². The predicted molar refractivity (Wildman–Crippen MR) is 65.9 cm³/mol. The first-order valence-electron chi connectivity index (χ1n) is 7.11. The molecule has 0 aromatic heterocycles. The van der Waals surface area contributed by atoms with Crippen molar-refractivity contribution in [3.63, 3.8) is 0 Å². The van der Waals surface area contributed by atoms with Gasteiger partial charge in [-0.25, -0.2) is 0 Å². The van der Waals surface area contributed by atoms with Crippen LogP contribution in [0.5, 0.6) is 0 Å². The first-order valence-corrected chi connectivity index (χ1v) is 7.11. The van der Waals surface area contributed by atoms with Gasteiger partial charge in [0.15, 0.2) is 0 Å². The van der Waals surface area contributed by atoms with Crippen molar-refractivity contribution in [2.24, 2.45) is 17.8 Å². The molecule has 2 aliphatic rings. The molecule has 15 heavy (non-hydrogen) atoms. The van der Waals surface area contributed by atoms with E-state index in [0.717, 1.165) is 17.8 Å². The summed E-state index contributed by atoms with van der Waals surface area (Å²) in [6.45, 7) is 4.69. The third-order valence-electron chi connectivity index (χ3n) is 4.49. The van der Waals surface area contributed by atoms with E-state index in [2.05, 4.69) is 12.2 Å². The first-order chi connectivity index (χ1) is 7.40. The lowest BCUT2D eigenvalue weighted by atomic mass is 9.85. The van der Waals surface area contributed by atoms with Crippen molar-refractivity contribution in [2.45, 2.75) is 58.3 Å². The summed E-state index contributed by atoms with van der Waals surface area (Å²) in [5.74, 6) is 3.40. The Hall–Kier alpha value is -0.0400. The molecule has 0 aromatic carbocycles. The molecule has 0 heterocycles. The largest absolute Gasteiger partial charge is 0.317 e. The smallest absolute Gasteiger partial charge is 0.00489 e. The summed E-state index contributed by atoms with van der Waals surface area (Å²) in [6.07, 6.45) is 11.9. The highest BCUT2D eigenvalue weighted by atomic mass is 14.8. The average Bonchev–Trinajstić information content (AvgIpc) is 2.85. The topological polar surface area (TPSA) is 12.0 Å². The molecule has 0 aliphatic heterocycles. The third kappa shape index (κ3) is 3.21. The SMILES string of the molecule is CCCNCCCCC1CC2CCC1C2. The van der Waals surface area contributed by atoms with Crippen molar-refractivity contribution in [1.82, 2.24) is 5.32 Å². The molecule has 1 N–H and O–H groups in total. The molecular formula is C14H27N. The Kier molecular flexibility index (Phi) is 4.49. The second-order valence-electron chi connectivity index (χ2n) is 5.68. The summed E-state index contributed by atoms with van der Waals surface area (Å²) in [5.41, 5.74) is 0. The van der Waals surface area contributed by atoms with Crippen LogP contribution in [-0.2, 0) is 0 Å². The number of nitrogens with one attached hydrogen (secondary N) is 1. The number of fused-ring (bicyclic) bond motifs is 2. The normalized spacial score (nSPS) is 33.8. The van der Waals surface area contributed by atoms with Gasteiger partial charge in [0.05, 0.1) is 0 Å². The monoisotopic (exact) mass is 209 g/mol. The Morgan fingerprint density at radius 1 is 1.07 bits per heavy atom. The minimum absolute atomic E-state index is 1.12. The summed E-state index contributed by atoms with van der Waals surface area (Å²) in [7, 11) is 0. The van der Waals surface area contributed by atoms with E-state index in [1.54, 1.807) is 25.7 Å². The zero-order chi connectivity index (χ0) is 10.5. The Morgan fingerprint density at radius 2 is 2.00 bits per heavy atom. The molecule has 1 heteroatoms. The Bertz CT molecular complexity index is 178. The molecule has 2 fully saturated rings. The van der Waals surface area contributed by atoms with Crippen molar-refractivity contribution in [3.05, 3.63) is 0 Å². The van der Waals surface area contributed by atoms with E-state index in [-0.39, 0.29) is 0 Å². The van der Waals surface area contributed by atoms with Gasteiger partial charge in [-0.1, -0.05) is 26.2 Å². The van der Waals surface area contributed by atoms with Crippen LogP contribution in [0.25, 0.3) is 0 Å². The molecule has 2 bridgehead atoms. The summed E-state index contributed by atoms with van der Waals surface area (Å²) >= 11 is 0. The number of unbranched alkanes of at least 4 members (excludes halogenated alkanes) is 1. The van der Waals surface area contributed by atoms with E-state index in [1.807, 2.05) is 0 Å². The summed E-state index contributed by atoms with van der Waals surface area (Å²) in [6, 6.07) is 0. The van der Waals surface area contributed by atoms with Crippen LogP contribution in [0.3, 0.4) is 0 Å². The van der Waals surface area contributed by atoms with Gasteiger partial charge in [0, 0.05) is 0 Å². The molecule has 0 amide bonds. The van der Waals surface area contributed by atoms with Crippen LogP contribution in [0.2, 0.25) is 0 Å². The van der Waals surface area contributed by atoms with Gasteiger partial charge < -0.3 is 5.32 Å². The van der Waals surface area contributed by atoms with E-state index < -0.39 is 0 Å². The van der Waals surface area contributed by atoms with Gasteiger partial charge in [-0.15, -0.1) is 0 Å². The first kappa shape index (κ1) is 11.4. The zero-order valence-corrected chi connectivity index (χ0v) is 10.3. The second kappa shape index (κ2) is 5.89. The lowest BCUT2D eigenvalue weighted by Gasteiger charge is -2.21. The molecular weight excluding hydrogens is 182 g/mol. The molecule has 2 rings (SSSR count). The van der Waals surface area contributed by atoms with Crippen LogP contribution < -0.4 is 5.32 Å². The minimum Gasteiger partial charge on any atom is -0.317 e. The zero-order valence-electron chi connectivity index (χ0n) is 10.3. The van der Waals surface area contributed by atoms with Gasteiger partial charge in [-0.2, -0.15) is 0 Å². The lowest BCUT2D eigenvalue weighted by Crippen LogP contribution is -2.16. The summed E-state index contributed by atoms with van der Waals surface area (Å²) < 4.78 is 0. The molecule has 1 nitrogen and oxygen atoms in total. The molecule has 0 spiro atoms. The Balaban J connectivity index is 1.48. The van der Waals surface area contributed by atoms with Gasteiger partial charge >= 0.3 is 0 Å². The highest BCUT2D eigenvalue weighted by Crippen LogP contribution is 2.49. The van der Waals surface area contributed by atoms with E-state index in [9.17, 15) is 0 Å². The van der Waals surface area contributed by atoms with Gasteiger partial charge in [-0.3, -0.25) is 0 Å². The van der Waals surface area contributed by atoms with Gasteiger partial charge in [0.2, 0.25) is 0 Å². The minimum atomic E-state index is 1.12. The standard InChI is InChI=1S/C14H27N/c1-2-8-15-9-4-3-5-13-10-12-6-7-14(13)11-12/h12-15H,2-11H2,1H3. The molecule has 88 valence electrons. The van der Waals surface area contributed by atoms with Crippen LogP contribution in [0.4, 0.5) is 0 Å². The van der Waals surface area contributed by atoms with Gasteiger partial charge in [0.25, 0.3) is 0 Å². The molecule has 2 saturated carbocycles. The Labute approximate surface area is 95.0 Å². The van der Waals surface area contributed by atoms with Crippen LogP contribution in [0.1, 0.15) is 58.3 Å². The van der Waals surface area contributed by atoms with Crippen molar-refractivity contribution >= 4 is 0 Å². The molecule has 0 saturated heterocycles. The average molecular weight is 209 g/mol. The maximum atomic E-state index is 3.49. The molecule has 3 unspecified atom stereocenters. The molecule has 0 aromatic rings. The molecule has 2 aliphatic carbocycles. The maximum Gasteiger partial charge on any atom is -0.00489 e. The fourth-order valence-corrected chi connectivity index (χ4v) is 3.69. The fourth-order valence-electron chi connectivity index (χ4n) is 3.69. The quantitative estimate of drug-likeness (QED) is 0.632. The van der Waals surface area contributed by atoms with Crippen LogP contribution in [0, 0.1) is 17.8 Å². The van der Waals surface area contributed by atoms with E-state index in [1.165, 1.54) is 38.8 Å². The second-order valence-corrected chi connectivity index (χ2v) is 5.68. The molecule has 0 radical (unpaired) electrons. The summed E-state index contributed by atoms with van der Waals surface area (Å²) in [4.78, 5) is 0. The van der Waals surface area contributed by atoms with Crippen molar-refractivity contribution in [1.29, 1.82) is 0 Å². The number of hydrogen-bond acceptors (Lipinski definition) is 1. The van der Waals surface area contributed by atoms with Gasteiger partial charge in [0.1, 0.15) is 0 Å². The fraction of sp³-hybridized carbons (Fsp3) is 1.00. The van der Waals surface area contributed by atoms with Crippen molar-refractivity contribution in [3.8, 4) is 0 Å². The van der Waals surface area contributed by atoms with Crippen LogP contribution >= 0.6 is 0 Å². The third-order valence-corrected chi connectivity index (χ3v) is 4.49. The van der Waals surface area contributed by atoms with Crippen LogP contribution in [-0.4, -0.2) is 13.1 Å². The lowest BCUT2D eigenvalue weighted by molar-refractivity contribution is 0.305. The summed E-state index contributed by atoms with van der Waals surface area (Å²) in [5, 5.41) is 3.49. The number of hydrogen-bond donors (Lipinski definition) is 1. The molecule has 3 atom stereocenters. The van der Waals surface area contributed by atoms with Crippen molar-refractivity contribution < 1.29 is 0 Å². The van der Waals surface area contributed by atoms with E-state index in [0.29, 0.717) is 0 Å². The maximum absolute atomic E-state index is 3.49. The van der Waals surface area contributed by atoms with Gasteiger partial charge in [-0.05, 0) is 62.9 Å². The highest BCUT2D eigenvalue weighted by Gasteiger charge is 2.38.